The van der Waals surface area contributed by atoms with E-state index in [1.165, 1.54) is 6.20 Å². The summed E-state index contributed by atoms with van der Waals surface area (Å²) >= 11 is 0. The zero-order chi connectivity index (χ0) is 7.40. The van der Waals surface area contributed by atoms with Gasteiger partial charge in [-0.05, 0) is 6.92 Å². The number of imidazole rings is 1. The summed E-state index contributed by atoms with van der Waals surface area (Å²) in [6, 6.07) is 0. The van der Waals surface area contributed by atoms with Crippen LogP contribution in [0.25, 0.3) is 0 Å². The summed E-state index contributed by atoms with van der Waals surface area (Å²) in [5, 5.41) is 0. The minimum atomic E-state index is 0.922. The van der Waals surface area contributed by atoms with Crippen LogP contribution in [0.2, 0.25) is 0 Å². The second kappa shape index (κ2) is 2.96. The van der Waals surface area contributed by atoms with E-state index in [1.807, 2.05) is 17.7 Å². The number of rotatable bonds is 2. The quantitative estimate of drug-likeness (QED) is 0.443. The molecule has 52 valence electrons. The maximum atomic E-state index is 4.01. The molecule has 0 radical (unpaired) electrons. The number of hydrogen-bond acceptors (Lipinski definition) is 2. The van der Waals surface area contributed by atoms with E-state index in [-0.39, 0.29) is 0 Å². The zero-order valence-corrected chi connectivity index (χ0v) is 5.86. The van der Waals surface area contributed by atoms with Crippen LogP contribution in [0, 0.1) is 6.92 Å². The molecule has 0 amide bonds. The van der Waals surface area contributed by atoms with Crippen LogP contribution in [0.5, 0.6) is 0 Å². The summed E-state index contributed by atoms with van der Waals surface area (Å²) < 4.78 is 1.82. The van der Waals surface area contributed by atoms with Gasteiger partial charge in [0.25, 0.3) is 0 Å². The predicted molar refractivity (Wildman–Crippen MR) is 41.1 cm³/mol. The van der Waals surface area contributed by atoms with Crippen LogP contribution in [0.15, 0.2) is 30.2 Å². The first-order chi connectivity index (χ1) is 4.84. The Morgan fingerprint density at radius 2 is 2.60 bits per heavy atom. The van der Waals surface area contributed by atoms with Crippen LogP contribution in [0.4, 0.5) is 0 Å². The second-order valence-corrected chi connectivity index (χ2v) is 1.83. The summed E-state index contributed by atoms with van der Waals surface area (Å²) in [4.78, 5) is 7.84. The van der Waals surface area contributed by atoms with Crippen molar-refractivity contribution in [2.24, 2.45) is 4.99 Å². The van der Waals surface area contributed by atoms with Crippen LogP contribution >= 0.6 is 0 Å². The van der Waals surface area contributed by atoms with Crippen LogP contribution in [0.1, 0.15) is 5.82 Å². The Morgan fingerprint density at radius 3 is 3.10 bits per heavy atom. The second-order valence-electron chi connectivity index (χ2n) is 1.83. The van der Waals surface area contributed by atoms with Crippen molar-refractivity contribution in [2.45, 2.75) is 6.92 Å². The van der Waals surface area contributed by atoms with Gasteiger partial charge in [-0.1, -0.05) is 6.58 Å². The minimum absolute atomic E-state index is 0.922. The highest BCUT2D eigenvalue weighted by atomic mass is 15.1. The first kappa shape index (κ1) is 6.74. The molecule has 1 rings (SSSR count). The molecule has 1 aromatic rings. The Morgan fingerprint density at radius 1 is 1.80 bits per heavy atom. The summed E-state index contributed by atoms with van der Waals surface area (Å²) in [7, 11) is 0. The first-order valence-corrected chi connectivity index (χ1v) is 2.98. The van der Waals surface area contributed by atoms with Crippen molar-refractivity contribution in [3.05, 3.63) is 31.0 Å². The van der Waals surface area contributed by atoms with Gasteiger partial charge in [0.2, 0.25) is 0 Å². The third-order valence-electron chi connectivity index (χ3n) is 1.16. The number of aryl methyl sites for hydroxylation is 1. The molecule has 0 bridgehead atoms. The first-order valence-electron chi connectivity index (χ1n) is 2.98. The summed E-state index contributed by atoms with van der Waals surface area (Å²) in [5.74, 6) is 0.922. The summed E-state index contributed by atoms with van der Waals surface area (Å²) in [6.07, 6.45) is 6.71. The van der Waals surface area contributed by atoms with Gasteiger partial charge in [0.05, 0.1) is 6.34 Å². The fraction of sp³-hybridized carbons (Fsp3) is 0.143. The van der Waals surface area contributed by atoms with Crippen LogP contribution in [-0.2, 0) is 0 Å². The van der Waals surface area contributed by atoms with Gasteiger partial charge >= 0.3 is 0 Å². The van der Waals surface area contributed by atoms with E-state index < -0.39 is 0 Å². The van der Waals surface area contributed by atoms with Crippen molar-refractivity contribution in [1.29, 1.82) is 0 Å². The largest absolute Gasteiger partial charge is 0.294 e. The fourth-order valence-electron chi connectivity index (χ4n) is 0.629. The van der Waals surface area contributed by atoms with Gasteiger partial charge in [-0.3, -0.25) is 4.57 Å². The van der Waals surface area contributed by atoms with Gasteiger partial charge in [0.1, 0.15) is 5.82 Å². The van der Waals surface area contributed by atoms with Crippen molar-refractivity contribution < 1.29 is 0 Å². The average Bonchev–Trinajstić information content (AvgIpc) is 2.31. The van der Waals surface area contributed by atoms with E-state index in [2.05, 4.69) is 16.6 Å². The molecule has 3 heteroatoms. The van der Waals surface area contributed by atoms with Crippen molar-refractivity contribution in [1.82, 2.24) is 9.55 Å². The Kier molecular flexibility index (Phi) is 1.99. The lowest BCUT2D eigenvalue weighted by atomic mass is 10.7. The van der Waals surface area contributed by atoms with Crippen LogP contribution in [-0.4, -0.2) is 15.9 Å². The molecule has 1 aromatic heterocycles. The van der Waals surface area contributed by atoms with Gasteiger partial charge in [-0.15, -0.1) is 0 Å². The fourth-order valence-corrected chi connectivity index (χ4v) is 0.629. The smallest absolute Gasteiger partial charge is 0.110 e. The van der Waals surface area contributed by atoms with Gasteiger partial charge in [0.15, 0.2) is 0 Å². The van der Waals surface area contributed by atoms with Gasteiger partial charge in [-0.25, -0.2) is 9.98 Å². The highest BCUT2D eigenvalue weighted by molar-refractivity contribution is 5.59. The molecule has 1 heterocycles. The van der Waals surface area contributed by atoms with Crippen molar-refractivity contribution in [2.75, 3.05) is 0 Å². The molecular formula is C7H9N3. The van der Waals surface area contributed by atoms with Crippen LogP contribution in [0.3, 0.4) is 0 Å². The molecule has 0 saturated carbocycles. The molecule has 0 aliphatic rings. The van der Waals surface area contributed by atoms with E-state index in [4.69, 9.17) is 0 Å². The third kappa shape index (κ3) is 1.31. The average molecular weight is 135 g/mol. The number of nitrogens with zero attached hydrogens (tertiary/aromatic N) is 3. The third-order valence-corrected chi connectivity index (χ3v) is 1.16. The maximum absolute atomic E-state index is 4.01. The lowest BCUT2D eigenvalue weighted by molar-refractivity contribution is 1.05. The number of aromatic nitrogens is 2. The van der Waals surface area contributed by atoms with E-state index in [0.717, 1.165) is 5.82 Å². The Hall–Kier alpha value is -1.38. The Labute approximate surface area is 59.7 Å². The molecular weight excluding hydrogens is 126 g/mol. The minimum Gasteiger partial charge on any atom is -0.294 e. The van der Waals surface area contributed by atoms with Crippen LogP contribution < -0.4 is 0 Å². The molecule has 0 aliphatic heterocycles. The standard InChI is InChI=1S/C7H9N3/c1-3-8-6-10-5-4-9-7(10)2/h3-6H,1H2,2H3. The topological polar surface area (TPSA) is 30.2 Å². The molecule has 10 heavy (non-hydrogen) atoms. The maximum Gasteiger partial charge on any atom is 0.110 e. The Bertz CT molecular complexity index is 247. The van der Waals surface area contributed by atoms with Gasteiger partial charge in [-0.2, -0.15) is 0 Å². The molecule has 3 nitrogen and oxygen atoms in total. The summed E-state index contributed by atoms with van der Waals surface area (Å²) in [5.41, 5.74) is 0. The van der Waals surface area contributed by atoms with E-state index >= 15 is 0 Å². The zero-order valence-electron chi connectivity index (χ0n) is 5.86. The molecule has 0 atom stereocenters. The Balaban J connectivity index is 2.83. The van der Waals surface area contributed by atoms with E-state index in [9.17, 15) is 0 Å². The molecule has 0 fully saturated rings. The SMILES string of the molecule is C=CN=Cn1ccnc1C. The lowest BCUT2D eigenvalue weighted by Crippen LogP contribution is -1.94. The number of aliphatic imine (C=N–C) groups is 1. The molecule has 0 aromatic carbocycles. The van der Waals surface area contributed by atoms with Crippen molar-refractivity contribution >= 4 is 6.34 Å². The van der Waals surface area contributed by atoms with Crippen molar-refractivity contribution in [3.63, 3.8) is 0 Å². The monoisotopic (exact) mass is 135 g/mol. The van der Waals surface area contributed by atoms with Gasteiger partial charge in [0, 0.05) is 18.6 Å². The lowest BCUT2D eigenvalue weighted by Gasteiger charge is -1.90. The van der Waals surface area contributed by atoms with Gasteiger partial charge < -0.3 is 0 Å². The molecule has 0 aliphatic carbocycles. The van der Waals surface area contributed by atoms with E-state index in [0.29, 0.717) is 0 Å². The predicted octanol–water partition coefficient (Wildman–Crippen LogP) is 1.21. The normalized spacial score (nSPS) is 10.5. The molecule has 0 N–H and O–H groups in total. The number of hydrogen-bond donors (Lipinski definition) is 0. The van der Waals surface area contributed by atoms with Crippen molar-refractivity contribution in [3.8, 4) is 0 Å². The molecule has 0 spiro atoms. The highest BCUT2D eigenvalue weighted by Gasteiger charge is 1.88. The molecule has 0 saturated heterocycles. The molecule has 0 unspecified atom stereocenters. The summed E-state index contributed by atoms with van der Waals surface area (Å²) in [6.45, 7) is 5.37. The highest BCUT2D eigenvalue weighted by Crippen LogP contribution is 1.89. The van der Waals surface area contributed by atoms with E-state index in [1.54, 1.807) is 12.5 Å².